The van der Waals surface area contributed by atoms with E-state index in [-0.39, 0.29) is 0 Å². The molecule has 0 spiro atoms. The zero-order chi connectivity index (χ0) is 68.4. The van der Waals surface area contributed by atoms with Gasteiger partial charge < -0.3 is 29.4 Å². The molecule has 0 fully saturated rings. The molecule has 492 valence electrons. The summed E-state index contributed by atoms with van der Waals surface area (Å²) in [5, 5.41) is 0. The zero-order valence-corrected chi connectivity index (χ0v) is 56.3. The molecule has 0 unspecified atom stereocenters. The Bertz CT molecular complexity index is 5620. The predicted molar refractivity (Wildman–Crippen MR) is 426 cm³/mol. The minimum atomic E-state index is 0.496. The van der Waals surface area contributed by atoms with Crippen molar-refractivity contribution in [3.63, 3.8) is 0 Å². The van der Waals surface area contributed by atoms with Crippen LogP contribution in [-0.4, -0.2) is 53.1 Å². The van der Waals surface area contributed by atoms with E-state index in [0.29, 0.717) is 13.2 Å². The molecule has 6 aromatic heterocycles. The van der Waals surface area contributed by atoms with Crippen molar-refractivity contribution in [3.05, 3.63) is 325 Å². The number of nitrogens with one attached hydrogen (secondary N) is 4. The van der Waals surface area contributed by atoms with Gasteiger partial charge in [-0.3, -0.25) is 0 Å². The fraction of sp³-hybridized carbons (Fsp3) is 0.0538. The Morgan fingerprint density at radius 1 is 0.194 bits per heavy atom. The number of unbranched alkanes of at least 4 members (excludes halogenated alkanes) is 2. The van der Waals surface area contributed by atoms with Crippen LogP contribution in [0.25, 0.3) is 182 Å². The van der Waals surface area contributed by atoms with Crippen LogP contribution < -0.4 is 9.47 Å². The molecule has 4 aliphatic heterocycles. The number of hydrogen-bond acceptors (Lipinski definition) is 6. The fourth-order valence-electron chi connectivity index (χ4n) is 14.8. The lowest BCUT2D eigenvalue weighted by atomic mass is 10.0. The average Bonchev–Trinajstić information content (AvgIpc) is 1.63. The number of aromatic amines is 4. The van der Waals surface area contributed by atoms with Gasteiger partial charge in [-0.25, -0.2) is 19.9 Å². The van der Waals surface area contributed by atoms with E-state index < -0.39 is 0 Å². The standard InChI is InChI=1S/C93H68N8O2/c1-8-26-60(27-9-1)86-68-42-46-72(94-68)88(62-30-12-3-13-31-62)76-50-54-80(98-76)92(81-55-51-77(99-81)89(63-32-14-4-15-33-63)73-47-43-69(86)95-73)66-38-20-22-40-84(66)102-58-24-7-25-59-103-85-41-23-21-39-67(85)93-82-56-52-78(100-82)90(64-34-16-5-17-35-64)74-48-44-70(96-74)87(61-28-10-2-11-29-61)71-45-49-75(97-71)91(65-36-18-6-19-37-65)79-53-57-83(93)101-79/h1-6,8-23,26-57,94,96,99,101H,7,24-25,58-59H2. The van der Waals surface area contributed by atoms with Gasteiger partial charge in [-0.05, 0) is 162 Å². The molecule has 0 amide bonds. The van der Waals surface area contributed by atoms with Gasteiger partial charge in [-0.15, -0.1) is 0 Å². The molecule has 18 rings (SSSR count). The van der Waals surface area contributed by atoms with Gasteiger partial charge in [0.15, 0.2) is 0 Å². The Labute approximate surface area is 596 Å². The highest BCUT2D eigenvalue weighted by Crippen LogP contribution is 2.44. The van der Waals surface area contributed by atoms with Gasteiger partial charge in [0.25, 0.3) is 0 Å². The highest BCUT2D eigenvalue weighted by Gasteiger charge is 2.24. The number of ether oxygens (including phenoxy) is 2. The van der Waals surface area contributed by atoms with Gasteiger partial charge in [0, 0.05) is 99.8 Å². The second kappa shape index (κ2) is 27.3. The Hall–Kier alpha value is -13.4. The Balaban J connectivity index is 0.683. The summed E-state index contributed by atoms with van der Waals surface area (Å²) in [4.78, 5) is 37.7. The molecule has 0 saturated carbocycles. The summed E-state index contributed by atoms with van der Waals surface area (Å²) >= 11 is 0. The number of benzene rings is 8. The lowest BCUT2D eigenvalue weighted by molar-refractivity contribution is 0.280. The molecule has 0 radical (unpaired) electrons. The first-order valence-electron chi connectivity index (χ1n) is 35.2. The van der Waals surface area contributed by atoms with Crippen molar-refractivity contribution >= 4 is 92.7 Å². The Kier molecular flexibility index (Phi) is 16.4. The summed E-state index contributed by atoms with van der Waals surface area (Å²) in [6, 6.07) is 97.2. The van der Waals surface area contributed by atoms with Crippen LogP contribution in [0.15, 0.2) is 279 Å². The minimum Gasteiger partial charge on any atom is -0.493 e. The first-order chi connectivity index (χ1) is 51.1. The molecule has 4 N–H and O–H groups in total. The Morgan fingerprint density at radius 2 is 0.388 bits per heavy atom. The van der Waals surface area contributed by atoms with Crippen molar-refractivity contribution in [1.29, 1.82) is 0 Å². The van der Waals surface area contributed by atoms with Gasteiger partial charge in [0.2, 0.25) is 0 Å². The maximum atomic E-state index is 6.92. The summed E-state index contributed by atoms with van der Waals surface area (Å²) in [6.07, 6.45) is 19.6. The average molecular weight is 1330 g/mol. The first kappa shape index (κ1) is 61.9. The number of rotatable bonds is 16. The van der Waals surface area contributed by atoms with Crippen LogP contribution >= 0.6 is 0 Å². The summed E-state index contributed by atoms with van der Waals surface area (Å²) in [6.45, 7) is 0.993. The van der Waals surface area contributed by atoms with Crippen LogP contribution in [0.4, 0.5) is 0 Å². The normalized spacial score (nSPS) is 12.1. The zero-order valence-electron chi connectivity index (χ0n) is 56.3. The first-order valence-corrected chi connectivity index (χ1v) is 35.2. The SMILES string of the molecule is C1=Cc2nc1c(-c1ccccc1)c1ccc([nH]1)c(-c1ccccc1)c1nc(c(-c3ccccc3OCCCCCOc3ccccc3-c3c4nc(c(-c5ccccc5)c5ccc([nH]5)c(-c5ccccc5)c5nc(c(-c6ccccc6)c6ccc3[nH]6)C=C5)C=C4)c3ccc([nH]3)c2-c2ccccc2)C=C1. The van der Waals surface area contributed by atoms with Crippen LogP contribution in [0.3, 0.4) is 0 Å². The molecule has 103 heavy (non-hydrogen) atoms. The van der Waals surface area contributed by atoms with Crippen LogP contribution in [0, 0.1) is 0 Å². The van der Waals surface area contributed by atoms with Gasteiger partial charge >= 0.3 is 0 Å². The smallest absolute Gasteiger partial charge is 0.127 e. The summed E-state index contributed by atoms with van der Waals surface area (Å²) in [5.74, 6) is 1.54. The maximum Gasteiger partial charge on any atom is 0.127 e. The monoisotopic (exact) mass is 1330 g/mol. The summed E-state index contributed by atoms with van der Waals surface area (Å²) in [5.41, 5.74) is 30.3. The predicted octanol–water partition coefficient (Wildman–Crippen LogP) is 23.6. The molecule has 4 aliphatic rings. The Morgan fingerprint density at radius 3 is 0.621 bits per heavy atom. The number of hydrogen-bond donors (Lipinski definition) is 4. The van der Waals surface area contributed by atoms with Crippen molar-refractivity contribution in [2.75, 3.05) is 13.2 Å². The number of para-hydroxylation sites is 2. The number of aromatic nitrogens is 8. The van der Waals surface area contributed by atoms with E-state index >= 15 is 0 Å². The molecule has 0 aliphatic carbocycles. The number of H-pyrrole nitrogens is 4. The van der Waals surface area contributed by atoms with Crippen molar-refractivity contribution in [2.45, 2.75) is 19.3 Å². The van der Waals surface area contributed by atoms with Crippen LogP contribution in [-0.2, 0) is 0 Å². The van der Waals surface area contributed by atoms with Gasteiger partial charge in [0.05, 0.1) is 58.8 Å². The van der Waals surface area contributed by atoms with Crippen molar-refractivity contribution < 1.29 is 9.47 Å². The molecule has 10 nitrogen and oxygen atoms in total. The fourth-order valence-corrected chi connectivity index (χ4v) is 14.8. The molecule has 14 aromatic rings. The highest BCUT2D eigenvalue weighted by molar-refractivity contribution is 6.03. The van der Waals surface area contributed by atoms with Crippen molar-refractivity contribution in [1.82, 2.24) is 39.9 Å². The second-order valence-electron chi connectivity index (χ2n) is 26.0. The van der Waals surface area contributed by atoms with Gasteiger partial charge in [-0.2, -0.15) is 0 Å². The van der Waals surface area contributed by atoms with E-state index in [1.165, 1.54) is 0 Å². The highest BCUT2D eigenvalue weighted by atomic mass is 16.5. The van der Waals surface area contributed by atoms with E-state index in [2.05, 4.69) is 335 Å². The topological polar surface area (TPSA) is 133 Å². The van der Waals surface area contributed by atoms with E-state index in [4.69, 9.17) is 29.4 Å². The third-order valence-corrected chi connectivity index (χ3v) is 19.5. The minimum absolute atomic E-state index is 0.496. The van der Waals surface area contributed by atoms with E-state index in [1.54, 1.807) is 0 Å². The van der Waals surface area contributed by atoms with Crippen molar-refractivity contribution in [2.24, 2.45) is 0 Å². The number of nitrogens with zero attached hydrogens (tertiary/aromatic N) is 4. The van der Waals surface area contributed by atoms with Gasteiger partial charge in [-0.1, -0.05) is 218 Å². The summed E-state index contributed by atoms with van der Waals surface area (Å²) in [7, 11) is 0. The molecule has 8 aromatic carbocycles. The lowest BCUT2D eigenvalue weighted by Gasteiger charge is -2.14. The summed E-state index contributed by atoms with van der Waals surface area (Å²) < 4.78 is 13.8. The lowest BCUT2D eigenvalue weighted by Crippen LogP contribution is -2.03. The van der Waals surface area contributed by atoms with E-state index in [0.717, 1.165) is 209 Å². The number of fused-ring (bicyclic) bond motifs is 16. The van der Waals surface area contributed by atoms with Crippen molar-refractivity contribution in [3.8, 4) is 101 Å². The van der Waals surface area contributed by atoms with Crippen LogP contribution in [0.5, 0.6) is 11.5 Å². The second-order valence-corrected chi connectivity index (χ2v) is 26.0. The maximum absolute atomic E-state index is 6.92. The van der Waals surface area contributed by atoms with Crippen LogP contribution in [0.1, 0.15) is 64.8 Å². The largest absolute Gasteiger partial charge is 0.493 e. The third kappa shape index (κ3) is 12.1. The van der Waals surface area contributed by atoms with Crippen LogP contribution in [0.2, 0.25) is 0 Å². The van der Waals surface area contributed by atoms with Gasteiger partial charge in [0.1, 0.15) is 11.5 Å². The molecular formula is C93H68N8O2. The molecular weight excluding hydrogens is 1260 g/mol. The van der Waals surface area contributed by atoms with E-state index in [1.807, 2.05) is 12.1 Å². The molecule has 0 saturated heterocycles. The quantitative estimate of drug-likeness (QED) is 0.0712. The molecule has 16 bridgehead atoms. The third-order valence-electron chi connectivity index (χ3n) is 19.5. The molecule has 10 heterocycles. The molecule has 0 atom stereocenters. The van der Waals surface area contributed by atoms with E-state index in [9.17, 15) is 0 Å². The molecule has 10 heteroatoms.